The van der Waals surface area contributed by atoms with Gasteiger partial charge in [0.1, 0.15) is 11.4 Å². The van der Waals surface area contributed by atoms with E-state index in [1.165, 1.54) is 11.3 Å². The molecule has 6 rings (SSSR count). The van der Waals surface area contributed by atoms with E-state index < -0.39 is 9.84 Å². The molecule has 212 valence electrons. The topological polar surface area (TPSA) is 59.5 Å². The maximum Gasteiger partial charge on any atom is 0.160 e. The summed E-state index contributed by atoms with van der Waals surface area (Å²) < 4.78 is 32.1. The van der Waals surface area contributed by atoms with Gasteiger partial charge in [0.25, 0.3) is 0 Å². The fourth-order valence-corrected chi connectivity index (χ4v) is 7.67. The molecule has 0 amide bonds. The van der Waals surface area contributed by atoms with Gasteiger partial charge in [-0.2, -0.15) is 0 Å². The third kappa shape index (κ3) is 6.14. The van der Waals surface area contributed by atoms with Crippen LogP contribution in [0.25, 0.3) is 11.1 Å². The van der Waals surface area contributed by atoms with Gasteiger partial charge in [-0.1, -0.05) is 48.0 Å². The lowest BCUT2D eigenvalue weighted by atomic mass is 9.82. The predicted octanol–water partition coefficient (Wildman–Crippen LogP) is 7.50. The molecule has 2 aliphatic heterocycles. The van der Waals surface area contributed by atoms with Crippen LogP contribution in [0.2, 0.25) is 5.02 Å². The average Bonchev–Trinajstić information content (AvgIpc) is 2.96. The minimum atomic E-state index is -3.30. The van der Waals surface area contributed by atoms with Crippen molar-refractivity contribution in [2.24, 2.45) is 0 Å². The van der Waals surface area contributed by atoms with Crippen LogP contribution in [0.1, 0.15) is 47.2 Å². The van der Waals surface area contributed by atoms with Gasteiger partial charge in [0.05, 0.1) is 17.2 Å². The molecule has 3 heterocycles. The molecule has 3 aromatic carbocycles. The molecule has 0 saturated carbocycles. The van der Waals surface area contributed by atoms with Gasteiger partial charge in [-0.05, 0) is 96.5 Å². The Labute approximate surface area is 248 Å². The first kappa shape index (κ1) is 27.8. The molecule has 1 saturated heterocycles. The predicted molar refractivity (Wildman–Crippen MR) is 166 cm³/mol. The molecule has 41 heavy (non-hydrogen) atoms. The molecule has 1 fully saturated rings. The number of halogens is 1. The Hall–Kier alpha value is -3.35. The lowest BCUT2D eigenvalue weighted by Crippen LogP contribution is -2.49. The Balaban J connectivity index is 1.10. The molecule has 2 aliphatic rings. The molecule has 0 N–H and O–H groups in total. The third-order valence-electron chi connectivity index (χ3n) is 8.47. The van der Waals surface area contributed by atoms with Crippen LogP contribution in [0.4, 0.5) is 5.69 Å². The summed E-state index contributed by atoms with van der Waals surface area (Å²) in [6.07, 6.45) is 5.63. The smallest absolute Gasteiger partial charge is 0.160 e. The third-order valence-corrected chi connectivity index (χ3v) is 10.6. The minimum Gasteiger partial charge on any atom is -0.487 e. The van der Waals surface area contributed by atoms with E-state index in [1.54, 1.807) is 18.3 Å². The summed E-state index contributed by atoms with van der Waals surface area (Å²) in [6, 6.07) is 24.0. The van der Waals surface area contributed by atoms with Gasteiger partial charge >= 0.3 is 0 Å². The van der Waals surface area contributed by atoms with Crippen LogP contribution in [-0.4, -0.2) is 32.1 Å². The van der Waals surface area contributed by atoms with E-state index >= 15 is 0 Å². The number of sulfone groups is 1. The first-order valence-corrected chi connectivity index (χ1v) is 16.4. The van der Waals surface area contributed by atoms with Crippen molar-refractivity contribution in [3.8, 4) is 16.9 Å². The summed E-state index contributed by atoms with van der Waals surface area (Å²) in [5.41, 5.74) is 8.17. The standard InChI is InChI=1S/C34H35ClN2O3S/c1-24-19-31(20-25(2)33(24)35)37-17-14-34(15-18-37)13-12-29-21-28(10-11-32(29)40-34)27-8-6-26(7-9-27)22-41(38,39)23-30-5-3-4-16-36-30/h3-11,16,19-21H,12-15,17-18,22-23H2,1-2H3. The van der Waals surface area contributed by atoms with Gasteiger partial charge in [0, 0.05) is 42.8 Å². The van der Waals surface area contributed by atoms with Crippen LogP contribution in [0, 0.1) is 13.8 Å². The Morgan fingerprint density at radius 1 is 0.878 bits per heavy atom. The van der Waals surface area contributed by atoms with Gasteiger partial charge in [-0.3, -0.25) is 4.98 Å². The zero-order valence-corrected chi connectivity index (χ0v) is 25.1. The summed E-state index contributed by atoms with van der Waals surface area (Å²) in [5.74, 6) is 0.933. The van der Waals surface area contributed by atoms with Crippen LogP contribution in [0.5, 0.6) is 5.75 Å². The molecule has 0 aliphatic carbocycles. The minimum absolute atomic E-state index is 0.00136. The van der Waals surface area contributed by atoms with Crippen molar-refractivity contribution in [1.29, 1.82) is 0 Å². The van der Waals surface area contributed by atoms with Crippen LogP contribution >= 0.6 is 11.6 Å². The van der Waals surface area contributed by atoms with E-state index in [-0.39, 0.29) is 17.1 Å². The first-order chi connectivity index (χ1) is 19.7. The Morgan fingerprint density at radius 2 is 1.59 bits per heavy atom. The SMILES string of the molecule is Cc1cc(N2CCC3(CCc4cc(-c5ccc(CS(=O)(=O)Cc6ccccn6)cc5)ccc4O3)CC2)cc(C)c1Cl. The molecular formula is C34H35ClN2O3S. The maximum atomic E-state index is 12.7. The second-order valence-corrected chi connectivity index (χ2v) is 14.0. The maximum absolute atomic E-state index is 12.7. The van der Waals surface area contributed by atoms with Crippen molar-refractivity contribution in [3.63, 3.8) is 0 Å². The molecule has 1 spiro atoms. The number of nitrogens with zero attached hydrogens (tertiary/aromatic N) is 2. The second-order valence-electron chi connectivity index (χ2n) is 11.5. The molecule has 0 unspecified atom stereocenters. The van der Waals surface area contributed by atoms with E-state index in [1.807, 2.05) is 30.3 Å². The number of ether oxygens (including phenoxy) is 1. The van der Waals surface area contributed by atoms with E-state index in [0.717, 1.165) is 77.4 Å². The molecule has 5 nitrogen and oxygen atoms in total. The molecule has 4 aromatic rings. The number of pyridine rings is 1. The quantitative estimate of drug-likeness (QED) is 0.234. The summed E-state index contributed by atoms with van der Waals surface area (Å²) in [4.78, 5) is 6.61. The van der Waals surface area contributed by atoms with Crippen molar-refractivity contribution in [3.05, 3.63) is 112 Å². The van der Waals surface area contributed by atoms with Crippen molar-refractivity contribution in [2.75, 3.05) is 18.0 Å². The van der Waals surface area contributed by atoms with Gasteiger partial charge < -0.3 is 9.64 Å². The largest absolute Gasteiger partial charge is 0.487 e. The zero-order chi connectivity index (χ0) is 28.6. The summed E-state index contributed by atoms with van der Waals surface area (Å²) in [7, 11) is -3.30. The number of rotatable bonds is 6. The van der Waals surface area contributed by atoms with Gasteiger partial charge in [-0.25, -0.2) is 8.42 Å². The molecule has 1 aromatic heterocycles. The number of benzene rings is 3. The van der Waals surface area contributed by atoms with Crippen molar-refractivity contribution < 1.29 is 13.2 Å². The lowest BCUT2D eigenvalue weighted by Gasteiger charge is -2.45. The second kappa shape index (κ2) is 11.1. The Bertz CT molecular complexity index is 1640. The molecule has 0 bridgehead atoms. The number of hydrogen-bond donors (Lipinski definition) is 0. The first-order valence-electron chi connectivity index (χ1n) is 14.2. The summed E-state index contributed by atoms with van der Waals surface area (Å²) in [6.45, 7) is 6.09. The van der Waals surface area contributed by atoms with Crippen molar-refractivity contribution >= 4 is 27.1 Å². The fourth-order valence-electron chi connectivity index (χ4n) is 6.14. The number of aryl methyl sites for hydroxylation is 3. The van der Waals surface area contributed by atoms with E-state index in [4.69, 9.17) is 16.3 Å². The van der Waals surface area contributed by atoms with Crippen LogP contribution in [0.3, 0.4) is 0 Å². The average molecular weight is 587 g/mol. The van der Waals surface area contributed by atoms with E-state index in [2.05, 4.69) is 54.1 Å². The van der Waals surface area contributed by atoms with E-state index in [9.17, 15) is 8.42 Å². The number of fused-ring (bicyclic) bond motifs is 1. The number of piperidine rings is 1. The molecule has 7 heteroatoms. The van der Waals surface area contributed by atoms with Crippen LogP contribution in [0.15, 0.2) is 79.0 Å². The Kier molecular flexibility index (Phi) is 7.56. The summed E-state index contributed by atoms with van der Waals surface area (Å²) >= 11 is 6.40. The van der Waals surface area contributed by atoms with Crippen molar-refractivity contribution in [2.45, 2.75) is 56.6 Å². The fraction of sp³-hybridized carbons (Fsp3) is 0.324. The van der Waals surface area contributed by atoms with Gasteiger partial charge in [-0.15, -0.1) is 0 Å². The van der Waals surface area contributed by atoms with Crippen molar-refractivity contribution in [1.82, 2.24) is 4.98 Å². The molecule has 0 atom stereocenters. The Morgan fingerprint density at radius 3 is 2.27 bits per heavy atom. The van der Waals surface area contributed by atoms with Gasteiger partial charge in [0.2, 0.25) is 0 Å². The van der Waals surface area contributed by atoms with Gasteiger partial charge in [0.15, 0.2) is 9.84 Å². The highest BCUT2D eigenvalue weighted by molar-refractivity contribution is 7.89. The summed E-state index contributed by atoms with van der Waals surface area (Å²) in [5, 5.41) is 0.856. The molecule has 0 radical (unpaired) electrons. The monoisotopic (exact) mass is 586 g/mol. The van der Waals surface area contributed by atoms with Crippen LogP contribution in [-0.2, 0) is 27.8 Å². The number of hydrogen-bond acceptors (Lipinski definition) is 5. The zero-order valence-electron chi connectivity index (χ0n) is 23.6. The molecular weight excluding hydrogens is 552 g/mol. The van der Waals surface area contributed by atoms with E-state index in [0.29, 0.717) is 5.69 Å². The van der Waals surface area contributed by atoms with Crippen LogP contribution < -0.4 is 9.64 Å². The number of aromatic nitrogens is 1. The normalized spacial score (nSPS) is 16.3. The highest BCUT2D eigenvalue weighted by Crippen LogP contribution is 2.42. The lowest BCUT2D eigenvalue weighted by molar-refractivity contribution is 0.0226. The highest BCUT2D eigenvalue weighted by atomic mass is 35.5. The highest BCUT2D eigenvalue weighted by Gasteiger charge is 2.39. The number of anilines is 1.